The normalized spacial score (nSPS) is 14.4. The van der Waals surface area contributed by atoms with Gasteiger partial charge in [-0.2, -0.15) is 18.3 Å². The summed E-state index contributed by atoms with van der Waals surface area (Å²) in [6.07, 6.45) is 2.04. The minimum absolute atomic E-state index is 0.0132. The van der Waals surface area contributed by atoms with Gasteiger partial charge in [0.1, 0.15) is 17.1 Å². The first-order valence-electron chi connectivity index (χ1n) is 11.7. The van der Waals surface area contributed by atoms with E-state index in [1.54, 1.807) is 35.5 Å². The van der Waals surface area contributed by atoms with E-state index in [9.17, 15) is 22.4 Å². The summed E-state index contributed by atoms with van der Waals surface area (Å²) in [4.78, 5) is 21.0. The third kappa shape index (κ3) is 5.28. The molecule has 198 valence electrons. The Morgan fingerprint density at radius 2 is 1.89 bits per heavy atom. The van der Waals surface area contributed by atoms with Crippen molar-refractivity contribution in [2.24, 2.45) is 0 Å². The van der Waals surface area contributed by atoms with Crippen LogP contribution in [0.1, 0.15) is 35.6 Å². The largest absolute Gasteiger partial charge is 0.401 e. The van der Waals surface area contributed by atoms with Crippen LogP contribution in [0.4, 0.5) is 23.4 Å². The summed E-state index contributed by atoms with van der Waals surface area (Å²) in [6.45, 7) is 0.382. The van der Waals surface area contributed by atoms with Gasteiger partial charge in [-0.3, -0.25) is 9.48 Å². The Balaban J connectivity index is 1.20. The van der Waals surface area contributed by atoms with Gasteiger partial charge in [-0.25, -0.2) is 14.4 Å². The number of hydrogen-bond donors (Lipinski definition) is 2. The molecule has 1 saturated carbocycles. The fourth-order valence-corrected chi connectivity index (χ4v) is 4.08. The van der Waals surface area contributed by atoms with E-state index in [0.717, 1.165) is 11.6 Å². The van der Waals surface area contributed by atoms with E-state index in [4.69, 9.17) is 9.63 Å². The molecule has 0 atom stereocenters. The van der Waals surface area contributed by atoms with Gasteiger partial charge in [-0.15, -0.1) is 0 Å². The Morgan fingerprint density at radius 3 is 2.55 bits per heavy atom. The lowest BCUT2D eigenvalue weighted by atomic mass is 10.0. The lowest BCUT2D eigenvalue weighted by Crippen LogP contribution is -2.28. The van der Waals surface area contributed by atoms with Crippen molar-refractivity contribution in [3.05, 3.63) is 77.6 Å². The van der Waals surface area contributed by atoms with E-state index in [0.29, 0.717) is 29.9 Å². The number of carbonyl (C=O) groups excluding carboxylic acids is 1. The quantitative estimate of drug-likeness (QED) is 0.316. The van der Waals surface area contributed by atoms with Crippen LogP contribution in [0.5, 0.6) is 0 Å². The van der Waals surface area contributed by atoms with Crippen LogP contribution in [0, 0.1) is 5.82 Å². The predicted octanol–water partition coefficient (Wildman–Crippen LogP) is 3.83. The van der Waals surface area contributed by atoms with Crippen molar-refractivity contribution < 1.29 is 32.0 Å². The summed E-state index contributed by atoms with van der Waals surface area (Å²) in [5.74, 6) is -1.24. The number of halogens is 4. The number of alkyl halides is 3. The standard InChI is InChI=1S/C25H22F4N6O3/c26-19-8-16(18-12-30-21(31-13-18)7-15-11-32-35(14-15)5-6-36)1-2-17(19)9-23(37)33-22-10-20(38-34-22)24(3-4-24)25(27,28)29/h1-2,8,10-14,36H,3-7,9H2,(H,33,34,37). The SMILES string of the molecule is O=C(Cc1ccc(-c2cnc(Cc3cnn(CCO)c3)nc2)cc1F)Nc1cc(C2(C(F)(F)F)CC2)on1. The number of aliphatic hydroxyl groups is 1. The van der Waals surface area contributed by atoms with Crippen LogP contribution in [0.2, 0.25) is 0 Å². The molecule has 1 aliphatic carbocycles. The summed E-state index contributed by atoms with van der Waals surface area (Å²) in [5, 5.41) is 19.0. The van der Waals surface area contributed by atoms with Crippen LogP contribution < -0.4 is 5.32 Å². The van der Waals surface area contributed by atoms with Crippen LogP contribution in [0.3, 0.4) is 0 Å². The van der Waals surface area contributed by atoms with Gasteiger partial charge < -0.3 is 14.9 Å². The van der Waals surface area contributed by atoms with Gasteiger partial charge in [0, 0.05) is 36.6 Å². The van der Waals surface area contributed by atoms with Crippen LogP contribution in [-0.2, 0) is 29.6 Å². The molecule has 0 radical (unpaired) electrons. The van der Waals surface area contributed by atoms with Crippen molar-refractivity contribution in [3.63, 3.8) is 0 Å². The number of aromatic nitrogens is 5. The van der Waals surface area contributed by atoms with E-state index < -0.39 is 23.3 Å². The highest BCUT2D eigenvalue weighted by molar-refractivity contribution is 5.91. The van der Waals surface area contributed by atoms with Gasteiger partial charge in [-0.1, -0.05) is 17.3 Å². The first-order valence-corrected chi connectivity index (χ1v) is 11.7. The van der Waals surface area contributed by atoms with Crippen molar-refractivity contribution >= 4 is 11.7 Å². The zero-order valence-corrected chi connectivity index (χ0v) is 19.9. The Hall–Kier alpha value is -4.13. The Kier molecular flexibility index (Phi) is 6.69. The fraction of sp³-hybridized carbons (Fsp3) is 0.320. The molecule has 4 aromatic rings. The zero-order chi connectivity index (χ0) is 26.9. The van der Waals surface area contributed by atoms with E-state index in [1.807, 2.05) is 0 Å². The molecule has 1 aliphatic rings. The molecule has 1 aromatic carbocycles. The summed E-state index contributed by atoms with van der Waals surface area (Å²) in [7, 11) is 0. The Bertz CT molecular complexity index is 1440. The lowest BCUT2D eigenvalue weighted by molar-refractivity contribution is -0.165. The maximum Gasteiger partial charge on any atom is 0.401 e. The molecule has 3 aromatic heterocycles. The minimum Gasteiger partial charge on any atom is -0.394 e. The van der Waals surface area contributed by atoms with E-state index in [2.05, 4.69) is 25.5 Å². The highest BCUT2D eigenvalue weighted by Crippen LogP contribution is 2.59. The molecule has 9 nitrogen and oxygen atoms in total. The van der Waals surface area contributed by atoms with E-state index in [-0.39, 0.29) is 43.0 Å². The molecule has 1 fully saturated rings. The number of rotatable bonds is 9. The molecule has 0 bridgehead atoms. The summed E-state index contributed by atoms with van der Waals surface area (Å²) in [6, 6.07) is 5.39. The van der Waals surface area contributed by atoms with E-state index >= 15 is 0 Å². The average molecular weight is 530 g/mol. The Labute approximate surface area is 213 Å². The molecule has 1 amide bonds. The number of aliphatic hydroxyl groups excluding tert-OH is 1. The fourth-order valence-electron chi connectivity index (χ4n) is 4.08. The summed E-state index contributed by atoms with van der Waals surface area (Å²) >= 11 is 0. The molecular weight excluding hydrogens is 508 g/mol. The van der Waals surface area contributed by atoms with Gasteiger partial charge in [0.05, 0.1) is 25.8 Å². The predicted molar refractivity (Wildman–Crippen MR) is 125 cm³/mol. The molecule has 5 rings (SSSR count). The second kappa shape index (κ2) is 9.97. The first-order chi connectivity index (χ1) is 18.2. The van der Waals surface area contributed by atoms with Gasteiger partial charge >= 0.3 is 6.18 Å². The van der Waals surface area contributed by atoms with Crippen molar-refractivity contribution in [1.82, 2.24) is 24.9 Å². The zero-order valence-electron chi connectivity index (χ0n) is 19.9. The highest BCUT2D eigenvalue weighted by Gasteiger charge is 2.66. The molecule has 0 saturated heterocycles. The molecule has 13 heteroatoms. The maximum absolute atomic E-state index is 14.8. The van der Waals surface area contributed by atoms with Gasteiger partial charge in [0.2, 0.25) is 5.91 Å². The summed E-state index contributed by atoms with van der Waals surface area (Å²) in [5.41, 5.74) is 0.0250. The number of benzene rings is 1. The molecule has 0 unspecified atom stereocenters. The molecule has 2 N–H and O–H groups in total. The maximum atomic E-state index is 14.8. The third-order valence-corrected chi connectivity index (χ3v) is 6.36. The average Bonchev–Trinajstić information content (AvgIpc) is 3.39. The van der Waals surface area contributed by atoms with Crippen molar-refractivity contribution in [1.29, 1.82) is 0 Å². The second-order valence-corrected chi connectivity index (χ2v) is 9.09. The Morgan fingerprint density at radius 1 is 1.13 bits per heavy atom. The number of carbonyl (C=O) groups is 1. The monoisotopic (exact) mass is 530 g/mol. The topological polar surface area (TPSA) is 119 Å². The second-order valence-electron chi connectivity index (χ2n) is 9.09. The number of nitrogens with one attached hydrogen (secondary N) is 1. The van der Waals surface area contributed by atoms with Gasteiger partial charge in [0.15, 0.2) is 11.6 Å². The van der Waals surface area contributed by atoms with Crippen LogP contribution in [0.15, 0.2) is 53.6 Å². The third-order valence-electron chi connectivity index (χ3n) is 6.36. The molecule has 3 heterocycles. The van der Waals surface area contributed by atoms with Crippen LogP contribution >= 0.6 is 0 Å². The number of amides is 1. The van der Waals surface area contributed by atoms with Crippen molar-refractivity contribution in [3.8, 4) is 11.1 Å². The van der Waals surface area contributed by atoms with Gasteiger partial charge in [-0.05, 0) is 35.6 Å². The minimum atomic E-state index is -4.46. The highest BCUT2D eigenvalue weighted by atomic mass is 19.4. The molecular formula is C25H22F4N6O3. The molecule has 38 heavy (non-hydrogen) atoms. The van der Waals surface area contributed by atoms with Crippen LogP contribution in [0.25, 0.3) is 11.1 Å². The number of anilines is 1. The van der Waals surface area contributed by atoms with Crippen molar-refractivity contribution in [2.45, 2.75) is 43.8 Å². The van der Waals surface area contributed by atoms with E-state index in [1.165, 1.54) is 12.1 Å². The summed E-state index contributed by atoms with van der Waals surface area (Å²) < 4.78 is 60.9. The number of nitrogens with zero attached hydrogens (tertiary/aromatic N) is 5. The molecule has 0 aliphatic heterocycles. The van der Waals surface area contributed by atoms with Crippen molar-refractivity contribution in [2.75, 3.05) is 11.9 Å². The van der Waals surface area contributed by atoms with Gasteiger partial charge in [0.25, 0.3) is 0 Å². The first kappa shape index (κ1) is 25.5. The smallest absolute Gasteiger partial charge is 0.394 e. The lowest BCUT2D eigenvalue weighted by Gasteiger charge is -2.14. The molecule has 0 spiro atoms. The van der Waals surface area contributed by atoms with Crippen LogP contribution in [-0.4, -0.2) is 48.7 Å². The number of hydrogen-bond acceptors (Lipinski definition) is 7.